The average Bonchev–Trinajstić information content (AvgIpc) is 2.35. The zero-order chi connectivity index (χ0) is 14.1. The predicted octanol–water partition coefficient (Wildman–Crippen LogP) is 3.39. The number of methoxy groups -OCH3 is 1. The standard InChI is InChI=1S/C14H21IO3/c1-10(5-6-14(17)18-4)7-12(3)13(16)8-11(2)9-15/h5-7,9,12-13,16H,8H2,1-4H3/t12-,13-/m1/s1. The highest BCUT2D eigenvalue weighted by Gasteiger charge is 2.12. The number of hydrogen-bond donors (Lipinski definition) is 1. The minimum absolute atomic E-state index is 0.0404. The van der Waals surface area contributed by atoms with Crippen LogP contribution in [0.4, 0.5) is 0 Å². The molecular formula is C14H21IO3. The highest BCUT2D eigenvalue weighted by Crippen LogP contribution is 2.16. The maximum Gasteiger partial charge on any atom is 0.330 e. The van der Waals surface area contributed by atoms with Gasteiger partial charge in [-0.15, -0.1) is 0 Å². The van der Waals surface area contributed by atoms with Crippen LogP contribution in [0.5, 0.6) is 0 Å². The van der Waals surface area contributed by atoms with E-state index in [1.807, 2.05) is 30.9 Å². The van der Waals surface area contributed by atoms with Crippen LogP contribution in [0.3, 0.4) is 0 Å². The van der Waals surface area contributed by atoms with Crippen LogP contribution in [0, 0.1) is 5.92 Å². The van der Waals surface area contributed by atoms with Gasteiger partial charge in [0.05, 0.1) is 13.2 Å². The van der Waals surface area contributed by atoms with Gasteiger partial charge in [-0.1, -0.05) is 52.8 Å². The number of rotatable bonds is 6. The van der Waals surface area contributed by atoms with Crippen molar-refractivity contribution in [2.24, 2.45) is 5.92 Å². The number of aliphatic hydroxyl groups excluding tert-OH is 1. The van der Waals surface area contributed by atoms with Crippen LogP contribution in [-0.2, 0) is 9.53 Å². The third-order valence-corrected chi connectivity index (χ3v) is 3.60. The zero-order valence-corrected chi connectivity index (χ0v) is 13.5. The van der Waals surface area contributed by atoms with Gasteiger partial charge in [-0.05, 0) is 24.4 Å². The molecule has 0 unspecified atom stereocenters. The Balaban J connectivity index is 4.47. The number of ether oxygens (including phenoxy) is 1. The van der Waals surface area contributed by atoms with Crippen LogP contribution in [0.1, 0.15) is 27.2 Å². The molecule has 0 spiro atoms. The molecule has 1 N–H and O–H groups in total. The molecule has 0 amide bonds. The molecule has 0 aliphatic rings. The van der Waals surface area contributed by atoms with E-state index in [0.29, 0.717) is 6.42 Å². The van der Waals surface area contributed by atoms with E-state index in [-0.39, 0.29) is 11.9 Å². The van der Waals surface area contributed by atoms with Crippen LogP contribution < -0.4 is 0 Å². The molecule has 0 saturated carbocycles. The maximum atomic E-state index is 10.9. The molecule has 102 valence electrons. The van der Waals surface area contributed by atoms with Gasteiger partial charge in [0.1, 0.15) is 0 Å². The molecule has 18 heavy (non-hydrogen) atoms. The van der Waals surface area contributed by atoms with Crippen molar-refractivity contribution >= 4 is 28.6 Å². The van der Waals surface area contributed by atoms with E-state index < -0.39 is 6.10 Å². The second-order valence-electron chi connectivity index (χ2n) is 4.35. The number of carbonyl (C=O) groups is 1. The SMILES string of the molecule is COC(=O)C=CC(C)=C[C@@H](C)[C@H](O)CC(C)=CI. The second kappa shape index (κ2) is 9.33. The van der Waals surface area contributed by atoms with Gasteiger partial charge in [0, 0.05) is 12.0 Å². The molecule has 3 nitrogen and oxygen atoms in total. The summed E-state index contributed by atoms with van der Waals surface area (Å²) in [6.07, 6.45) is 5.27. The molecule has 0 saturated heterocycles. The summed E-state index contributed by atoms with van der Waals surface area (Å²) in [5.41, 5.74) is 2.09. The summed E-state index contributed by atoms with van der Waals surface area (Å²) in [6, 6.07) is 0. The molecule has 0 rings (SSSR count). The smallest absolute Gasteiger partial charge is 0.330 e. The first-order valence-electron chi connectivity index (χ1n) is 5.79. The van der Waals surface area contributed by atoms with Gasteiger partial charge in [0.2, 0.25) is 0 Å². The fraction of sp³-hybridized carbons (Fsp3) is 0.500. The Hall–Kier alpha value is -0.620. The van der Waals surface area contributed by atoms with Crippen molar-refractivity contribution in [2.75, 3.05) is 7.11 Å². The molecule has 4 heteroatoms. The van der Waals surface area contributed by atoms with Gasteiger partial charge in [-0.3, -0.25) is 0 Å². The van der Waals surface area contributed by atoms with E-state index in [0.717, 1.165) is 11.1 Å². The summed E-state index contributed by atoms with van der Waals surface area (Å²) < 4.78 is 6.48. The van der Waals surface area contributed by atoms with Crippen LogP contribution in [0.2, 0.25) is 0 Å². The van der Waals surface area contributed by atoms with E-state index in [1.54, 1.807) is 6.08 Å². The molecule has 0 aromatic heterocycles. The molecule has 0 aromatic rings. The Morgan fingerprint density at radius 1 is 1.39 bits per heavy atom. The first kappa shape index (κ1) is 17.4. The highest BCUT2D eigenvalue weighted by molar-refractivity contribution is 14.1. The summed E-state index contributed by atoms with van der Waals surface area (Å²) in [7, 11) is 1.34. The first-order valence-corrected chi connectivity index (χ1v) is 7.03. The monoisotopic (exact) mass is 364 g/mol. The Morgan fingerprint density at radius 3 is 2.50 bits per heavy atom. The van der Waals surface area contributed by atoms with E-state index in [4.69, 9.17) is 0 Å². The van der Waals surface area contributed by atoms with E-state index in [9.17, 15) is 9.90 Å². The van der Waals surface area contributed by atoms with Gasteiger partial charge in [-0.2, -0.15) is 0 Å². The molecule has 0 aliphatic carbocycles. The van der Waals surface area contributed by atoms with E-state index >= 15 is 0 Å². The van der Waals surface area contributed by atoms with Gasteiger partial charge < -0.3 is 9.84 Å². The lowest BCUT2D eigenvalue weighted by Crippen LogP contribution is -2.16. The van der Waals surface area contributed by atoms with Crippen molar-refractivity contribution in [1.82, 2.24) is 0 Å². The summed E-state index contributed by atoms with van der Waals surface area (Å²) in [5, 5.41) is 9.99. The number of carbonyl (C=O) groups excluding carboxylic acids is 1. The highest BCUT2D eigenvalue weighted by atomic mass is 127. The number of esters is 1. The lowest BCUT2D eigenvalue weighted by Gasteiger charge is -2.16. The van der Waals surface area contributed by atoms with E-state index in [2.05, 4.69) is 27.3 Å². The fourth-order valence-corrected chi connectivity index (χ4v) is 1.66. The number of aliphatic hydroxyl groups is 1. The molecule has 0 heterocycles. The van der Waals surface area contributed by atoms with Crippen molar-refractivity contribution in [2.45, 2.75) is 33.3 Å². The topological polar surface area (TPSA) is 46.5 Å². The third kappa shape index (κ3) is 7.66. The van der Waals surface area contributed by atoms with Crippen LogP contribution in [0.15, 0.2) is 33.5 Å². The fourth-order valence-electron chi connectivity index (χ4n) is 1.41. The van der Waals surface area contributed by atoms with E-state index in [1.165, 1.54) is 13.2 Å². The molecule has 0 radical (unpaired) electrons. The first-order chi connectivity index (χ1) is 8.40. The molecular weight excluding hydrogens is 343 g/mol. The Morgan fingerprint density at radius 2 is 2.00 bits per heavy atom. The number of allylic oxidation sites excluding steroid dienone is 2. The quantitative estimate of drug-likeness (QED) is 0.340. The van der Waals surface area contributed by atoms with Gasteiger partial charge >= 0.3 is 5.97 Å². The van der Waals surface area contributed by atoms with Crippen molar-refractivity contribution in [1.29, 1.82) is 0 Å². The normalized spacial score (nSPS) is 16.8. The van der Waals surface area contributed by atoms with Crippen LogP contribution in [0.25, 0.3) is 0 Å². The Labute approximate surface area is 123 Å². The minimum atomic E-state index is -0.405. The summed E-state index contributed by atoms with van der Waals surface area (Å²) in [5.74, 6) is -0.335. The maximum absolute atomic E-state index is 10.9. The van der Waals surface area contributed by atoms with Crippen molar-refractivity contribution in [3.63, 3.8) is 0 Å². The minimum Gasteiger partial charge on any atom is -0.466 e. The molecule has 0 bridgehead atoms. The lowest BCUT2D eigenvalue weighted by molar-refractivity contribution is -0.134. The zero-order valence-electron chi connectivity index (χ0n) is 11.3. The molecule has 0 fully saturated rings. The van der Waals surface area contributed by atoms with Crippen molar-refractivity contribution in [3.05, 3.63) is 33.5 Å². The predicted molar refractivity (Wildman–Crippen MR) is 82.5 cm³/mol. The molecule has 0 aliphatic heterocycles. The molecule has 0 aromatic carbocycles. The van der Waals surface area contributed by atoms with Crippen LogP contribution >= 0.6 is 22.6 Å². The Bertz CT molecular complexity index is 356. The molecule has 2 atom stereocenters. The Kier molecular flexibility index (Phi) is 9.01. The summed E-state index contributed by atoms with van der Waals surface area (Å²) in [6.45, 7) is 5.85. The number of hydrogen-bond acceptors (Lipinski definition) is 3. The van der Waals surface area contributed by atoms with Crippen molar-refractivity contribution in [3.8, 4) is 0 Å². The van der Waals surface area contributed by atoms with Gasteiger partial charge in [-0.25, -0.2) is 4.79 Å². The average molecular weight is 364 g/mol. The van der Waals surface area contributed by atoms with Gasteiger partial charge in [0.25, 0.3) is 0 Å². The third-order valence-electron chi connectivity index (χ3n) is 2.53. The summed E-state index contributed by atoms with van der Waals surface area (Å²) >= 11 is 2.17. The van der Waals surface area contributed by atoms with Gasteiger partial charge in [0.15, 0.2) is 0 Å². The van der Waals surface area contributed by atoms with Crippen molar-refractivity contribution < 1.29 is 14.6 Å². The lowest BCUT2D eigenvalue weighted by atomic mass is 9.97. The van der Waals surface area contributed by atoms with Crippen LogP contribution in [-0.4, -0.2) is 24.3 Å². The summed E-state index contributed by atoms with van der Waals surface area (Å²) in [4.78, 5) is 10.9. The number of halogens is 1. The largest absolute Gasteiger partial charge is 0.466 e. The second-order valence-corrected chi connectivity index (χ2v) is 4.98.